The van der Waals surface area contributed by atoms with E-state index in [0.29, 0.717) is 5.56 Å². The van der Waals surface area contributed by atoms with Gasteiger partial charge in [0.25, 0.3) is 12.1 Å². The molecule has 0 unspecified atom stereocenters. The second-order valence-corrected chi connectivity index (χ2v) is 3.49. The molecule has 0 spiro atoms. The lowest BCUT2D eigenvalue weighted by molar-refractivity contribution is -0.385. The number of hydrogen-bond donors (Lipinski definition) is 1. The molecule has 0 radical (unpaired) electrons. The largest absolute Gasteiger partial charge is 0.307 e. The summed E-state index contributed by atoms with van der Waals surface area (Å²) in [5.74, 6) is 0. The Morgan fingerprint density at radius 1 is 1.50 bits per heavy atom. The Kier molecular flexibility index (Phi) is 4.57. The molecule has 1 aromatic rings. The Hall–Kier alpha value is -1.27. The topological polar surface area (TPSA) is 55.2 Å². The van der Waals surface area contributed by atoms with Crippen LogP contribution in [0.15, 0.2) is 18.2 Å². The highest BCUT2D eigenvalue weighted by Gasteiger charge is 2.14. The molecule has 0 aliphatic rings. The van der Waals surface area contributed by atoms with Crippen LogP contribution in [0.3, 0.4) is 0 Å². The molecule has 4 nitrogen and oxygen atoms in total. The van der Waals surface area contributed by atoms with E-state index in [4.69, 9.17) is 11.6 Å². The molecule has 0 saturated heterocycles. The Morgan fingerprint density at radius 3 is 2.75 bits per heavy atom. The minimum absolute atomic E-state index is 0.0117. The Morgan fingerprint density at radius 2 is 2.19 bits per heavy atom. The molecular formula is C9H9ClF2N2O2. The summed E-state index contributed by atoms with van der Waals surface area (Å²) in [6.07, 6.45) is -2.48. The summed E-state index contributed by atoms with van der Waals surface area (Å²) in [4.78, 5) is 10.0. The van der Waals surface area contributed by atoms with Gasteiger partial charge in [0.05, 0.1) is 11.5 Å². The van der Waals surface area contributed by atoms with E-state index in [1.807, 2.05) is 0 Å². The molecule has 0 atom stereocenters. The molecule has 0 aliphatic heterocycles. The molecule has 0 fully saturated rings. The Labute approximate surface area is 95.4 Å². The van der Waals surface area contributed by atoms with Gasteiger partial charge in [-0.2, -0.15) is 0 Å². The van der Waals surface area contributed by atoms with Gasteiger partial charge in [-0.05, 0) is 12.1 Å². The first kappa shape index (κ1) is 12.8. The maximum atomic E-state index is 11.8. The van der Waals surface area contributed by atoms with Gasteiger partial charge in [-0.1, -0.05) is 11.6 Å². The van der Waals surface area contributed by atoms with Crippen molar-refractivity contribution in [1.29, 1.82) is 0 Å². The Balaban J connectivity index is 2.75. The van der Waals surface area contributed by atoms with Crippen molar-refractivity contribution in [1.82, 2.24) is 5.32 Å². The van der Waals surface area contributed by atoms with Crippen LogP contribution >= 0.6 is 11.6 Å². The van der Waals surface area contributed by atoms with Crippen LogP contribution in [0.4, 0.5) is 14.5 Å². The van der Waals surface area contributed by atoms with Crippen molar-refractivity contribution in [2.24, 2.45) is 0 Å². The number of nitrogens with one attached hydrogen (secondary N) is 1. The molecule has 16 heavy (non-hydrogen) atoms. The fraction of sp³-hybridized carbons (Fsp3) is 0.333. The van der Waals surface area contributed by atoms with Gasteiger partial charge in [0.15, 0.2) is 0 Å². The van der Waals surface area contributed by atoms with Gasteiger partial charge in [0.1, 0.15) is 0 Å². The highest BCUT2D eigenvalue weighted by molar-refractivity contribution is 6.30. The molecule has 0 aromatic heterocycles. The lowest BCUT2D eigenvalue weighted by Crippen LogP contribution is -2.21. The van der Waals surface area contributed by atoms with Gasteiger partial charge in [-0.25, -0.2) is 8.78 Å². The normalized spacial score (nSPS) is 10.8. The summed E-state index contributed by atoms with van der Waals surface area (Å²) in [6.45, 7) is -0.488. The van der Waals surface area contributed by atoms with Gasteiger partial charge in [-0.15, -0.1) is 0 Å². The zero-order valence-electron chi connectivity index (χ0n) is 8.12. The zero-order valence-corrected chi connectivity index (χ0v) is 8.88. The van der Waals surface area contributed by atoms with Crippen molar-refractivity contribution >= 4 is 17.3 Å². The number of benzene rings is 1. The predicted octanol–water partition coefficient (Wildman–Crippen LogP) is 2.60. The van der Waals surface area contributed by atoms with Crippen LogP contribution in [0.5, 0.6) is 0 Å². The van der Waals surface area contributed by atoms with Crippen molar-refractivity contribution in [3.8, 4) is 0 Å². The number of rotatable bonds is 5. The third-order valence-corrected chi connectivity index (χ3v) is 2.09. The minimum Gasteiger partial charge on any atom is -0.307 e. The van der Waals surface area contributed by atoms with Crippen LogP contribution in [0.1, 0.15) is 5.56 Å². The van der Waals surface area contributed by atoms with Gasteiger partial charge < -0.3 is 5.32 Å². The molecule has 7 heteroatoms. The second-order valence-electron chi connectivity index (χ2n) is 3.05. The number of nitro benzene ring substituents is 1. The van der Waals surface area contributed by atoms with Crippen molar-refractivity contribution in [3.63, 3.8) is 0 Å². The van der Waals surface area contributed by atoms with Crippen LogP contribution in [-0.4, -0.2) is 17.9 Å². The summed E-state index contributed by atoms with van der Waals surface area (Å²) >= 11 is 5.60. The second kappa shape index (κ2) is 5.72. The number of alkyl halides is 2. The van der Waals surface area contributed by atoms with Gasteiger partial charge in [0, 0.05) is 23.2 Å². The summed E-state index contributed by atoms with van der Waals surface area (Å²) in [5, 5.41) is 13.3. The van der Waals surface area contributed by atoms with E-state index in [0.717, 1.165) is 0 Å². The fourth-order valence-corrected chi connectivity index (χ4v) is 1.34. The molecule has 1 rings (SSSR count). The average molecular weight is 251 g/mol. The molecular weight excluding hydrogens is 242 g/mol. The van der Waals surface area contributed by atoms with E-state index >= 15 is 0 Å². The van der Waals surface area contributed by atoms with Crippen LogP contribution in [0.2, 0.25) is 5.02 Å². The van der Waals surface area contributed by atoms with Crippen LogP contribution < -0.4 is 5.32 Å². The first-order valence-electron chi connectivity index (χ1n) is 4.42. The fourth-order valence-electron chi connectivity index (χ4n) is 1.17. The standard InChI is InChI=1S/C9H9ClF2N2O2/c10-7-2-1-6(4-13-5-9(11)12)8(3-7)14(15)16/h1-3,9,13H,4-5H2. The molecule has 88 valence electrons. The molecule has 1 aromatic carbocycles. The quantitative estimate of drug-likeness (QED) is 0.646. The Bertz CT molecular complexity index is 388. The van der Waals surface area contributed by atoms with E-state index in [1.54, 1.807) is 0 Å². The van der Waals surface area contributed by atoms with E-state index in [1.165, 1.54) is 18.2 Å². The monoisotopic (exact) mass is 250 g/mol. The lowest BCUT2D eigenvalue weighted by atomic mass is 10.2. The summed E-state index contributed by atoms with van der Waals surface area (Å²) < 4.78 is 23.7. The minimum atomic E-state index is -2.48. The SMILES string of the molecule is O=[N+]([O-])c1cc(Cl)ccc1CNCC(F)F. The van der Waals surface area contributed by atoms with Gasteiger partial charge in [-0.3, -0.25) is 10.1 Å². The highest BCUT2D eigenvalue weighted by Crippen LogP contribution is 2.22. The van der Waals surface area contributed by atoms with E-state index in [2.05, 4.69) is 5.32 Å². The number of nitro groups is 1. The number of nitrogens with zero attached hydrogens (tertiary/aromatic N) is 1. The molecule has 0 saturated carbocycles. The van der Waals surface area contributed by atoms with Crippen LogP contribution in [0, 0.1) is 10.1 Å². The summed E-state index contributed by atoms with van der Waals surface area (Å²) in [7, 11) is 0. The smallest absolute Gasteiger partial charge is 0.275 e. The number of halogens is 3. The van der Waals surface area contributed by atoms with Crippen molar-refractivity contribution in [3.05, 3.63) is 38.9 Å². The first-order valence-corrected chi connectivity index (χ1v) is 4.80. The van der Waals surface area contributed by atoms with E-state index in [-0.39, 0.29) is 17.3 Å². The highest BCUT2D eigenvalue weighted by atomic mass is 35.5. The zero-order chi connectivity index (χ0) is 12.1. The number of hydrogen-bond acceptors (Lipinski definition) is 3. The van der Waals surface area contributed by atoms with Crippen LogP contribution in [-0.2, 0) is 6.54 Å². The van der Waals surface area contributed by atoms with Crippen molar-refractivity contribution in [2.75, 3.05) is 6.54 Å². The van der Waals surface area contributed by atoms with Gasteiger partial charge >= 0.3 is 0 Å². The van der Waals surface area contributed by atoms with Crippen LogP contribution in [0.25, 0.3) is 0 Å². The molecule has 1 N–H and O–H groups in total. The van der Waals surface area contributed by atoms with Crippen molar-refractivity contribution < 1.29 is 13.7 Å². The van der Waals surface area contributed by atoms with Gasteiger partial charge in [0.2, 0.25) is 0 Å². The predicted molar refractivity (Wildman–Crippen MR) is 55.8 cm³/mol. The summed E-state index contributed by atoms with van der Waals surface area (Å²) in [5.41, 5.74) is 0.157. The van der Waals surface area contributed by atoms with E-state index in [9.17, 15) is 18.9 Å². The summed E-state index contributed by atoms with van der Waals surface area (Å²) in [6, 6.07) is 4.12. The molecule has 0 aliphatic carbocycles. The molecule has 0 bridgehead atoms. The lowest BCUT2D eigenvalue weighted by Gasteiger charge is -2.05. The first-order chi connectivity index (χ1) is 7.50. The molecule has 0 amide bonds. The third-order valence-electron chi connectivity index (χ3n) is 1.86. The maximum Gasteiger partial charge on any atom is 0.275 e. The third kappa shape index (κ3) is 3.71. The maximum absolute atomic E-state index is 11.8. The average Bonchev–Trinajstić information content (AvgIpc) is 2.19. The van der Waals surface area contributed by atoms with Crippen molar-refractivity contribution in [2.45, 2.75) is 13.0 Å². The van der Waals surface area contributed by atoms with E-state index < -0.39 is 17.9 Å². The molecule has 0 heterocycles.